The van der Waals surface area contributed by atoms with Crippen molar-refractivity contribution in [3.8, 4) is 0 Å². The van der Waals surface area contributed by atoms with Crippen LogP contribution in [-0.2, 0) is 4.79 Å². The van der Waals surface area contributed by atoms with Crippen molar-refractivity contribution in [2.45, 2.75) is 58.5 Å². The number of amides is 2. The Balaban J connectivity index is 2.56. The van der Waals surface area contributed by atoms with Crippen LogP contribution in [0, 0.1) is 5.92 Å². The molecule has 18 heavy (non-hydrogen) atoms. The lowest BCUT2D eigenvalue weighted by atomic mass is 10.0. The predicted molar refractivity (Wildman–Crippen MR) is 69.4 cm³/mol. The zero-order valence-electron chi connectivity index (χ0n) is 11.7. The summed E-state index contributed by atoms with van der Waals surface area (Å²) in [7, 11) is 0. The van der Waals surface area contributed by atoms with Gasteiger partial charge < -0.3 is 15.3 Å². The monoisotopic (exact) mass is 256 g/mol. The van der Waals surface area contributed by atoms with E-state index in [0.29, 0.717) is 5.92 Å². The van der Waals surface area contributed by atoms with E-state index >= 15 is 0 Å². The number of hydrogen-bond donors (Lipinski definition) is 2. The minimum atomic E-state index is -0.904. The Kier molecular flexibility index (Phi) is 4.59. The molecule has 0 aliphatic heterocycles. The van der Waals surface area contributed by atoms with Crippen LogP contribution < -0.4 is 5.32 Å². The average Bonchev–Trinajstić information content (AvgIpc) is 2.93. The third-order valence-electron chi connectivity index (χ3n) is 3.07. The number of carbonyl (C=O) groups excluding carboxylic acids is 1. The van der Waals surface area contributed by atoms with Gasteiger partial charge >= 0.3 is 12.0 Å². The highest BCUT2D eigenvalue weighted by Crippen LogP contribution is 2.30. The van der Waals surface area contributed by atoms with E-state index in [9.17, 15) is 9.59 Å². The molecule has 0 bridgehead atoms. The van der Waals surface area contributed by atoms with Crippen molar-refractivity contribution in [3.63, 3.8) is 0 Å². The van der Waals surface area contributed by atoms with Crippen LogP contribution in [0.3, 0.4) is 0 Å². The van der Waals surface area contributed by atoms with E-state index < -0.39 is 11.5 Å². The molecular weight excluding hydrogens is 232 g/mol. The SMILES string of the molecule is CC(C)N(CC1CC1)C(=O)NC(C)(C)CC(=O)O. The van der Waals surface area contributed by atoms with Crippen molar-refractivity contribution >= 4 is 12.0 Å². The molecule has 1 aliphatic carbocycles. The number of hydrogen-bond acceptors (Lipinski definition) is 2. The third-order valence-corrected chi connectivity index (χ3v) is 3.07. The van der Waals surface area contributed by atoms with Crippen LogP contribution in [0.2, 0.25) is 0 Å². The first-order valence-electron chi connectivity index (χ1n) is 6.52. The maximum atomic E-state index is 12.2. The minimum absolute atomic E-state index is 0.0753. The van der Waals surface area contributed by atoms with Crippen LogP contribution in [0.1, 0.15) is 47.0 Å². The van der Waals surface area contributed by atoms with E-state index in [1.165, 1.54) is 12.8 Å². The maximum Gasteiger partial charge on any atom is 0.318 e. The van der Waals surface area contributed by atoms with Gasteiger partial charge in [0.1, 0.15) is 0 Å². The Labute approximate surface area is 109 Å². The molecule has 0 aromatic heterocycles. The normalized spacial score (nSPS) is 15.6. The molecular formula is C13H24N2O3. The van der Waals surface area contributed by atoms with Crippen LogP contribution >= 0.6 is 0 Å². The molecule has 0 heterocycles. The number of rotatable bonds is 6. The lowest BCUT2D eigenvalue weighted by Gasteiger charge is -2.32. The van der Waals surface area contributed by atoms with Gasteiger partial charge in [-0.1, -0.05) is 0 Å². The molecule has 5 heteroatoms. The minimum Gasteiger partial charge on any atom is -0.481 e. The quantitative estimate of drug-likeness (QED) is 0.764. The number of carbonyl (C=O) groups is 2. The van der Waals surface area contributed by atoms with E-state index in [2.05, 4.69) is 5.32 Å². The molecule has 0 radical (unpaired) electrons. The maximum absolute atomic E-state index is 12.2. The van der Waals surface area contributed by atoms with Crippen molar-refractivity contribution in [2.24, 2.45) is 5.92 Å². The summed E-state index contributed by atoms with van der Waals surface area (Å²) in [5.74, 6) is -0.278. The number of nitrogens with one attached hydrogen (secondary N) is 1. The van der Waals surface area contributed by atoms with E-state index in [4.69, 9.17) is 5.11 Å². The van der Waals surface area contributed by atoms with Gasteiger partial charge in [-0.15, -0.1) is 0 Å². The van der Waals surface area contributed by atoms with Gasteiger partial charge in [0.05, 0.1) is 6.42 Å². The molecule has 2 N–H and O–H groups in total. The summed E-state index contributed by atoms with van der Waals surface area (Å²) in [6.45, 7) is 8.19. The smallest absolute Gasteiger partial charge is 0.318 e. The zero-order valence-corrected chi connectivity index (χ0v) is 11.7. The predicted octanol–water partition coefficient (Wildman–Crippen LogP) is 2.07. The summed E-state index contributed by atoms with van der Waals surface area (Å²) < 4.78 is 0. The van der Waals surface area contributed by atoms with Gasteiger partial charge in [0, 0.05) is 18.1 Å². The van der Waals surface area contributed by atoms with E-state index in [1.54, 1.807) is 18.7 Å². The molecule has 0 saturated heterocycles. The first-order valence-corrected chi connectivity index (χ1v) is 6.52. The number of carboxylic acids is 1. The molecule has 0 unspecified atom stereocenters. The Morgan fingerprint density at radius 3 is 2.33 bits per heavy atom. The highest BCUT2D eigenvalue weighted by atomic mass is 16.4. The van der Waals surface area contributed by atoms with Crippen LogP contribution in [0.25, 0.3) is 0 Å². The Morgan fingerprint density at radius 1 is 1.39 bits per heavy atom. The van der Waals surface area contributed by atoms with Gasteiger partial charge in [-0.25, -0.2) is 4.79 Å². The van der Waals surface area contributed by atoms with Crippen molar-refractivity contribution in [1.29, 1.82) is 0 Å². The summed E-state index contributed by atoms with van der Waals surface area (Å²) in [5, 5.41) is 11.6. The summed E-state index contributed by atoms with van der Waals surface area (Å²) >= 11 is 0. The molecule has 1 saturated carbocycles. The van der Waals surface area contributed by atoms with Crippen molar-refractivity contribution < 1.29 is 14.7 Å². The first-order chi connectivity index (χ1) is 8.21. The molecule has 1 aliphatic rings. The largest absolute Gasteiger partial charge is 0.481 e. The first kappa shape index (κ1) is 14.8. The van der Waals surface area contributed by atoms with Crippen LogP contribution in [0.15, 0.2) is 0 Å². The molecule has 1 rings (SSSR count). The summed E-state index contributed by atoms with van der Waals surface area (Å²) in [6.07, 6.45) is 2.30. The van der Waals surface area contributed by atoms with Gasteiger partial charge in [-0.05, 0) is 46.5 Å². The lowest BCUT2D eigenvalue weighted by Crippen LogP contribution is -2.53. The molecule has 1 fully saturated rings. The number of nitrogens with zero attached hydrogens (tertiary/aromatic N) is 1. The summed E-state index contributed by atoms with van der Waals surface area (Å²) in [6, 6.07) is -0.0330. The van der Waals surface area contributed by atoms with Crippen molar-refractivity contribution in [3.05, 3.63) is 0 Å². The third kappa shape index (κ3) is 4.94. The van der Waals surface area contributed by atoms with Gasteiger partial charge in [-0.2, -0.15) is 0 Å². The standard InChI is InChI=1S/C13H24N2O3/c1-9(2)15(8-10-5-6-10)12(18)14-13(3,4)7-11(16)17/h9-10H,5-8H2,1-4H3,(H,14,18)(H,16,17). The fraction of sp³-hybridized carbons (Fsp3) is 0.846. The number of urea groups is 1. The topological polar surface area (TPSA) is 69.6 Å². The number of carboxylic acid groups (broad SMARTS) is 1. The number of aliphatic carboxylic acids is 1. The molecule has 0 aromatic rings. The van der Waals surface area contributed by atoms with E-state index in [0.717, 1.165) is 6.54 Å². The fourth-order valence-corrected chi connectivity index (χ4v) is 1.89. The Bertz CT molecular complexity index is 322. The van der Waals surface area contributed by atoms with Gasteiger partial charge in [-0.3, -0.25) is 4.79 Å². The van der Waals surface area contributed by atoms with Crippen molar-refractivity contribution in [1.82, 2.24) is 10.2 Å². The zero-order chi connectivity index (χ0) is 13.9. The van der Waals surface area contributed by atoms with Gasteiger partial charge in [0.25, 0.3) is 0 Å². The van der Waals surface area contributed by atoms with Gasteiger partial charge in [0.2, 0.25) is 0 Å². The summed E-state index contributed by atoms with van der Waals surface area (Å²) in [4.78, 5) is 24.7. The molecule has 104 valence electrons. The molecule has 0 atom stereocenters. The lowest BCUT2D eigenvalue weighted by molar-refractivity contribution is -0.138. The van der Waals surface area contributed by atoms with Crippen LogP contribution in [0.5, 0.6) is 0 Å². The van der Waals surface area contributed by atoms with E-state index in [-0.39, 0.29) is 18.5 Å². The second-order valence-corrected chi connectivity index (χ2v) is 6.07. The molecule has 2 amide bonds. The van der Waals surface area contributed by atoms with Crippen LogP contribution in [0.4, 0.5) is 4.79 Å². The van der Waals surface area contributed by atoms with Gasteiger partial charge in [0.15, 0.2) is 0 Å². The fourth-order valence-electron chi connectivity index (χ4n) is 1.89. The second kappa shape index (κ2) is 5.59. The second-order valence-electron chi connectivity index (χ2n) is 6.07. The molecule has 0 spiro atoms. The van der Waals surface area contributed by atoms with Crippen molar-refractivity contribution in [2.75, 3.05) is 6.54 Å². The Hall–Kier alpha value is -1.26. The van der Waals surface area contributed by atoms with E-state index in [1.807, 2.05) is 13.8 Å². The Morgan fingerprint density at radius 2 is 1.94 bits per heavy atom. The average molecular weight is 256 g/mol. The molecule has 0 aromatic carbocycles. The molecule has 5 nitrogen and oxygen atoms in total. The highest BCUT2D eigenvalue weighted by molar-refractivity contribution is 5.77. The highest BCUT2D eigenvalue weighted by Gasteiger charge is 2.31. The van der Waals surface area contributed by atoms with Crippen LogP contribution in [-0.4, -0.2) is 40.1 Å². The summed E-state index contributed by atoms with van der Waals surface area (Å²) in [5.41, 5.74) is -0.723.